The van der Waals surface area contributed by atoms with Gasteiger partial charge >= 0.3 is 5.97 Å². The van der Waals surface area contributed by atoms with Crippen LogP contribution in [0.3, 0.4) is 0 Å². The van der Waals surface area contributed by atoms with Gasteiger partial charge in [0.1, 0.15) is 0 Å². The number of carbonyl (C=O) groups excluding carboxylic acids is 1. The minimum atomic E-state index is -3.34. The molecule has 16 heavy (non-hydrogen) atoms. The molecule has 0 amide bonds. The summed E-state index contributed by atoms with van der Waals surface area (Å²) in [5.41, 5.74) is 0. The van der Waals surface area contributed by atoms with Gasteiger partial charge in [0.15, 0.2) is 15.1 Å². The second kappa shape index (κ2) is 7.65. The summed E-state index contributed by atoms with van der Waals surface area (Å²) < 4.78 is 28.3. The Morgan fingerprint density at radius 2 is 1.75 bits per heavy atom. The van der Waals surface area contributed by atoms with Gasteiger partial charge < -0.3 is 4.74 Å². The van der Waals surface area contributed by atoms with Crippen molar-refractivity contribution in [2.45, 2.75) is 51.2 Å². The summed E-state index contributed by atoms with van der Waals surface area (Å²) in [5, 5.41) is -0.969. The van der Waals surface area contributed by atoms with Gasteiger partial charge in [-0.3, -0.25) is 4.79 Å². The van der Waals surface area contributed by atoms with E-state index in [4.69, 9.17) is 0 Å². The molecule has 96 valence electrons. The lowest BCUT2D eigenvalue weighted by atomic mass is 10.2. The number of unbranched alkanes of at least 4 members (excludes halogenated alkanes) is 2. The average Bonchev–Trinajstić information content (AvgIpc) is 2.26. The van der Waals surface area contributed by atoms with Crippen LogP contribution in [0.5, 0.6) is 0 Å². The molecule has 5 heteroatoms. The van der Waals surface area contributed by atoms with E-state index < -0.39 is 21.1 Å². The van der Waals surface area contributed by atoms with Crippen molar-refractivity contribution in [1.82, 2.24) is 0 Å². The number of ether oxygens (including phenoxy) is 1. The number of carbonyl (C=O) groups is 1. The van der Waals surface area contributed by atoms with Crippen LogP contribution in [-0.4, -0.2) is 32.5 Å². The zero-order chi connectivity index (χ0) is 12.6. The summed E-state index contributed by atoms with van der Waals surface area (Å²) in [7, 11) is -2.11. The molecular weight excluding hydrogens is 228 g/mol. The van der Waals surface area contributed by atoms with Crippen LogP contribution in [0.4, 0.5) is 0 Å². The van der Waals surface area contributed by atoms with Gasteiger partial charge in [0.25, 0.3) is 0 Å². The first-order valence-corrected chi connectivity index (χ1v) is 7.50. The van der Waals surface area contributed by atoms with E-state index in [-0.39, 0.29) is 5.75 Å². The first kappa shape index (κ1) is 15.4. The van der Waals surface area contributed by atoms with Crippen molar-refractivity contribution in [3.63, 3.8) is 0 Å². The first-order valence-electron chi connectivity index (χ1n) is 5.79. The molecule has 0 N–H and O–H groups in total. The Hall–Kier alpha value is -0.580. The summed E-state index contributed by atoms with van der Waals surface area (Å²) in [4.78, 5) is 11.4. The number of sulfone groups is 1. The predicted octanol–water partition coefficient (Wildman–Crippen LogP) is 1.93. The van der Waals surface area contributed by atoms with Gasteiger partial charge in [0.05, 0.1) is 12.9 Å². The van der Waals surface area contributed by atoms with Crippen molar-refractivity contribution >= 4 is 15.8 Å². The summed E-state index contributed by atoms with van der Waals surface area (Å²) in [5.74, 6) is -0.544. The Morgan fingerprint density at radius 3 is 2.19 bits per heavy atom. The smallest absolute Gasteiger partial charge is 0.324 e. The minimum Gasteiger partial charge on any atom is -0.468 e. The molecule has 0 saturated heterocycles. The normalized spacial score (nSPS) is 13.4. The zero-order valence-electron chi connectivity index (χ0n) is 10.4. The third-order valence-corrected chi connectivity index (χ3v) is 4.65. The highest BCUT2D eigenvalue weighted by molar-refractivity contribution is 7.92. The van der Waals surface area contributed by atoms with E-state index in [1.165, 1.54) is 7.11 Å². The van der Waals surface area contributed by atoms with Crippen molar-refractivity contribution in [2.24, 2.45) is 0 Å². The van der Waals surface area contributed by atoms with Crippen LogP contribution < -0.4 is 0 Å². The largest absolute Gasteiger partial charge is 0.468 e. The molecule has 0 aliphatic heterocycles. The number of rotatable bonds is 8. The lowest BCUT2D eigenvalue weighted by Crippen LogP contribution is -2.33. The van der Waals surface area contributed by atoms with Crippen LogP contribution in [0.15, 0.2) is 0 Å². The van der Waals surface area contributed by atoms with E-state index >= 15 is 0 Å². The van der Waals surface area contributed by atoms with Crippen LogP contribution in [0.1, 0.15) is 46.0 Å². The molecule has 0 bridgehead atoms. The van der Waals surface area contributed by atoms with Crippen LogP contribution in [0.25, 0.3) is 0 Å². The standard InChI is InChI=1S/C11H22O4S/c1-4-6-8-10(11(12)15-3)16(13,14)9-7-5-2/h10H,4-9H2,1-3H3. The van der Waals surface area contributed by atoms with Crippen molar-refractivity contribution in [3.8, 4) is 0 Å². The van der Waals surface area contributed by atoms with Crippen molar-refractivity contribution < 1.29 is 17.9 Å². The Labute approximate surface area is 98.3 Å². The van der Waals surface area contributed by atoms with Gasteiger partial charge in [-0.25, -0.2) is 8.42 Å². The fourth-order valence-corrected chi connectivity index (χ4v) is 3.34. The highest BCUT2D eigenvalue weighted by Crippen LogP contribution is 2.14. The van der Waals surface area contributed by atoms with Gasteiger partial charge in [0.2, 0.25) is 0 Å². The second-order valence-corrected chi connectivity index (χ2v) is 6.18. The molecule has 0 aromatic carbocycles. The predicted molar refractivity (Wildman–Crippen MR) is 64.0 cm³/mol. The first-order chi connectivity index (χ1) is 7.49. The minimum absolute atomic E-state index is 0.0764. The van der Waals surface area contributed by atoms with Crippen LogP contribution in [0, 0.1) is 0 Å². The van der Waals surface area contributed by atoms with Crippen molar-refractivity contribution in [1.29, 1.82) is 0 Å². The summed E-state index contributed by atoms with van der Waals surface area (Å²) >= 11 is 0. The van der Waals surface area contributed by atoms with Crippen molar-refractivity contribution in [2.75, 3.05) is 12.9 Å². The van der Waals surface area contributed by atoms with E-state index in [1.54, 1.807) is 0 Å². The topological polar surface area (TPSA) is 60.4 Å². The molecule has 0 rings (SSSR count). The summed E-state index contributed by atoms with van der Waals surface area (Å²) in [6, 6.07) is 0. The van der Waals surface area contributed by atoms with Gasteiger partial charge in [0, 0.05) is 0 Å². The molecule has 0 saturated carbocycles. The quantitative estimate of drug-likeness (QED) is 0.618. The maximum Gasteiger partial charge on any atom is 0.324 e. The Bertz CT molecular complexity index is 295. The summed E-state index contributed by atoms with van der Waals surface area (Å²) in [6.45, 7) is 3.89. The number of hydrogen-bond acceptors (Lipinski definition) is 4. The molecule has 1 unspecified atom stereocenters. The third kappa shape index (κ3) is 4.96. The SMILES string of the molecule is CCCCC(C(=O)OC)S(=O)(=O)CCCC. The van der Waals surface area contributed by atoms with Gasteiger partial charge in [-0.2, -0.15) is 0 Å². The second-order valence-electron chi connectivity index (χ2n) is 3.87. The fourth-order valence-electron chi connectivity index (χ4n) is 1.45. The number of methoxy groups -OCH3 is 1. The fraction of sp³-hybridized carbons (Fsp3) is 0.909. The number of esters is 1. The van der Waals surface area contributed by atoms with Crippen LogP contribution in [0.2, 0.25) is 0 Å². The molecule has 0 aromatic rings. The van der Waals surface area contributed by atoms with E-state index in [9.17, 15) is 13.2 Å². The lowest BCUT2D eigenvalue weighted by molar-refractivity contribution is -0.140. The van der Waals surface area contributed by atoms with Gasteiger partial charge in [-0.05, 0) is 12.8 Å². The van der Waals surface area contributed by atoms with E-state index in [0.717, 1.165) is 19.3 Å². The maximum atomic E-state index is 11.9. The summed E-state index contributed by atoms with van der Waals surface area (Å²) in [6.07, 6.45) is 3.37. The van der Waals surface area contributed by atoms with E-state index in [2.05, 4.69) is 4.74 Å². The van der Waals surface area contributed by atoms with Gasteiger partial charge in [-0.1, -0.05) is 33.1 Å². The molecule has 0 aliphatic rings. The van der Waals surface area contributed by atoms with Crippen molar-refractivity contribution in [3.05, 3.63) is 0 Å². The highest BCUT2D eigenvalue weighted by Gasteiger charge is 2.32. The Balaban J connectivity index is 4.66. The third-order valence-electron chi connectivity index (χ3n) is 2.50. The molecule has 1 atom stereocenters. The van der Waals surface area contributed by atoms with E-state index in [0.29, 0.717) is 12.8 Å². The molecule has 0 spiro atoms. The Kier molecular flexibility index (Phi) is 7.38. The Morgan fingerprint density at radius 1 is 1.19 bits per heavy atom. The molecule has 0 heterocycles. The molecular formula is C11H22O4S. The molecule has 0 aliphatic carbocycles. The average molecular weight is 250 g/mol. The van der Waals surface area contributed by atoms with E-state index in [1.807, 2.05) is 13.8 Å². The zero-order valence-corrected chi connectivity index (χ0v) is 11.2. The molecule has 0 aromatic heterocycles. The molecule has 0 radical (unpaired) electrons. The van der Waals surface area contributed by atoms with Crippen LogP contribution in [-0.2, 0) is 19.4 Å². The molecule has 0 fully saturated rings. The monoisotopic (exact) mass is 250 g/mol. The highest BCUT2D eigenvalue weighted by atomic mass is 32.2. The van der Waals surface area contributed by atoms with Gasteiger partial charge in [-0.15, -0.1) is 0 Å². The lowest BCUT2D eigenvalue weighted by Gasteiger charge is -2.14. The maximum absolute atomic E-state index is 11.9. The van der Waals surface area contributed by atoms with Crippen LogP contribution >= 0.6 is 0 Å². The molecule has 4 nitrogen and oxygen atoms in total. The number of hydrogen-bond donors (Lipinski definition) is 0.